The van der Waals surface area contributed by atoms with Gasteiger partial charge < -0.3 is 20.4 Å². The largest absolute Gasteiger partial charge is 0.357 e. The average molecular weight is 409 g/mol. The van der Waals surface area contributed by atoms with Crippen molar-refractivity contribution in [3.8, 4) is 0 Å². The summed E-state index contributed by atoms with van der Waals surface area (Å²) in [4.78, 5) is 9.69. The van der Waals surface area contributed by atoms with E-state index >= 15 is 0 Å². The van der Waals surface area contributed by atoms with Crippen LogP contribution in [0.2, 0.25) is 0 Å². The topological polar surface area (TPSA) is 42.9 Å². The molecular weight excluding hydrogens is 377 g/mol. The molecule has 1 aliphatic carbocycles. The van der Waals surface area contributed by atoms with Crippen molar-refractivity contribution < 1.29 is 0 Å². The van der Waals surface area contributed by atoms with Gasteiger partial charge in [0.2, 0.25) is 0 Å². The highest BCUT2D eigenvalue weighted by atomic mass is 127. The van der Waals surface area contributed by atoms with Gasteiger partial charge in [-0.3, -0.25) is 4.99 Å². The van der Waals surface area contributed by atoms with E-state index in [0.29, 0.717) is 6.04 Å². The highest BCUT2D eigenvalue weighted by Crippen LogP contribution is 2.18. The molecule has 124 valence electrons. The monoisotopic (exact) mass is 409 g/mol. The molecule has 2 rings (SSSR count). The second-order valence-corrected chi connectivity index (χ2v) is 6.03. The minimum absolute atomic E-state index is 0. The number of rotatable bonds is 6. The second kappa shape index (κ2) is 10.6. The summed E-state index contributed by atoms with van der Waals surface area (Å²) in [5.41, 5.74) is 0. The van der Waals surface area contributed by atoms with Crippen LogP contribution in [0.25, 0.3) is 0 Å². The Morgan fingerprint density at radius 1 is 1.19 bits per heavy atom. The van der Waals surface area contributed by atoms with Crippen molar-refractivity contribution in [3.05, 3.63) is 0 Å². The number of aliphatic imine (C=N–C) groups is 1. The summed E-state index contributed by atoms with van der Waals surface area (Å²) in [6.45, 7) is 10.1. The number of nitrogens with one attached hydrogen (secondary N) is 2. The minimum atomic E-state index is 0. The number of likely N-dealkylation sites (N-methyl/N-ethyl adjacent to an activating group) is 1. The van der Waals surface area contributed by atoms with Crippen LogP contribution in [-0.2, 0) is 0 Å². The first-order chi connectivity index (χ1) is 9.78. The van der Waals surface area contributed by atoms with Crippen LogP contribution >= 0.6 is 24.0 Å². The lowest BCUT2D eigenvalue weighted by Gasteiger charge is -2.19. The fourth-order valence-corrected chi connectivity index (χ4v) is 2.55. The first-order valence-corrected chi connectivity index (χ1v) is 8.23. The first-order valence-electron chi connectivity index (χ1n) is 8.23. The van der Waals surface area contributed by atoms with Gasteiger partial charge in [-0.15, -0.1) is 24.0 Å². The Morgan fingerprint density at radius 3 is 2.71 bits per heavy atom. The van der Waals surface area contributed by atoms with E-state index in [4.69, 9.17) is 0 Å². The Morgan fingerprint density at radius 2 is 2.00 bits per heavy atom. The van der Waals surface area contributed by atoms with Crippen LogP contribution in [0.4, 0.5) is 0 Å². The van der Waals surface area contributed by atoms with Crippen molar-refractivity contribution in [2.75, 3.05) is 52.9 Å². The number of hydrogen-bond donors (Lipinski definition) is 2. The summed E-state index contributed by atoms with van der Waals surface area (Å²) in [5.74, 6) is 1.01. The van der Waals surface area contributed by atoms with Gasteiger partial charge in [0, 0.05) is 32.2 Å². The third-order valence-electron chi connectivity index (χ3n) is 3.98. The predicted molar refractivity (Wildman–Crippen MR) is 101 cm³/mol. The van der Waals surface area contributed by atoms with Gasteiger partial charge in [0.1, 0.15) is 0 Å². The van der Waals surface area contributed by atoms with Gasteiger partial charge >= 0.3 is 0 Å². The van der Waals surface area contributed by atoms with Crippen LogP contribution in [0, 0.1) is 0 Å². The zero-order chi connectivity index (χ0) is 14.2. The summed E-state index contributed by atoms with van der Waals surface area (Å²) in [6.07, 6.45) is 5.05. The number of hydrogen-bond acceptors (Lipinski definition) is 3. The Bertz CT molecular complexity index is 306. The molecule has 0 aromatic heterocycles. The molecule has 0 aromatic rings. The Labute approximate surface area is 146 Å². The van der Waals surface area contributed by atoms with E-state index < -0.39 is 0 Å². The molecule has 5 nitrogen and oxygen atoms in total. The lowest BCUT2D eigenvalue weighted by molar-refractivity contribution is 0.275. The van der Waals surface area contributed by atoms with Crippen molar-refractivity contribution in [2.24, 2.45) is 4.99 Å². The maximum Gasteiger partial charge on any atom is 0.191 e. The van der Waals surface area contributed by atoms with Crippen LogP contribution in [0.1, 0.15) is 32.6 Å². The van der Waals surface area contributed by atoms with Gasteiger partial charge in [-0.05, 0) is 59.3 Å². The molecule has 1 saturated carbocycles. The molecule has 2 aliphatic rings. The third-order valence-corrected chi connectivity index (χ3v) is 3.98. The van der Waals surface area contributed by atoms with Crippen LogP contribution in [-0.4, -0.2) is 74.7 Å². The molecule has 1 saturated heterocycles. The fraction of sp³-hybridized carbons (Fsp3) is 0.933. The lowest BCUT2D eigenvalue weighted by atomic mass is 10.3. The van der Waals surface area contributed by atoms with E-state index in [0.717, 1.165) is 25.5 Å². The summed E-state index contributed by atoms with van der Waals surface area (Å²) in [5, 5.41) is 6.79. The molecular formula is C15H32IN5. The molecule has 0 atom stereocenters. The van der Waals surface area contributed by atoms with E-state index in [2.05, 4.69) is 39.4 Å². The maximum atomic E-state index is 4.67. The van der Waals surface area contributed by atoms with Crippen LogP contribution in [0.15, 0.2) is 4.99 Å². The zero-order valence-electron chi connectivity index (χ0n) is 13.6. The van der Waals surface area contributed by atoms with Crippen LogP contribution in [0.5, 0.6) is 0 Å². The molecule has 2 fully saturated rings. The minimum Gasteiger partial charge on any atom is -0.357 e. The standard InChI is InChI=1S/C15H31N5.HI/c1-3-16-15(18-14-6-7-14)17-8-4-10-20-11-5-9-19(2)12-13-20;/h14H,3-13H2,1-2H3,(H2,16,17,18);1H. The van der Waals surface area contributed by atoms with Crippen molar-refractivity contribution in [1.29, 1.82) is 0 Å². The smallest absolute Gasteiger partial charge is 0.191 e. The SMILES string of the molecule is CCNC(=NCCCN1CCCN(C)CC1)NC1CC1.I. The van der Waals surface area contributed by atoms with Gasteiger partial charge in [-0.1, -0.05) is 0 Å². The van der Waals surface area contributed by atoms with Crippen LogP contribution < -0.4 is 10.6 Å². The van der Waals surface area contributed by atoms with Gasteiger partial charge in [0.25, 0.3) is 0 Å². The van der Waals surface area contributed by atoms with Gasteiger partial charge in [0.05, 0.1) is 0 Å². The van der Waals surface area contributed by atoms with Crippen LogP contribution in [0.3, 0.4) is 0 Å². The molecule has 21 heavy (non-hydrogen) atoms. The Hall–Kier alpha value is -0.0800. The van der Waals surface area contributed by atoms with E-state index in [1.165, 1.54) is 52.0 Å². The fourth-order valence-electron chi connectivity index (χ4n) is 2.55. The Balaban J connectivity index is 0.00000220. The van der Waals surface area contributed by atoms with Crippen molar-refractivity contribution in [3.63, 3.8) is 0 Å². The lowest BCUT2D eigenvalue weighted by Crippen LogP contribution is -2.38. The molecule has 0 amide bonds. The molecule has 1 heterocycles. The number of halogens is 1. The van der Waals surface area contributed by atoms with Crippen molar-refractivity contribution in [1.82, 2.24) is 20.4 Å². The summed E-state index contributed by atoms with van der Waals surface area (Å²) in [7, 11) is 2.22. The first kappa shape index (κ1) is 19.0. The average Bonchev–Trinajstić information content (AvgIpc) is 3.24. The van der Waals surface area contributed by atoms with Crippen molar-refractivity contribution >= 4 is 29.9 Å². The quantitative estimate of drug-likeness (QED) is 0.301. The second-order valence-electron chi connectivity index (χ2n) is 6.03. The summed E-state index contributed by atoms with van der Waals surface area (Å²) < 4.78 is 0. The van der Waals surface area contributed by atoms with Gasteiger partial charge in [-0.25, -0.2) is 0 Å². The van der Waals surface area contributed by atoms with E-state index in [-0.39, 0.29) is 24.0 Å². The van der Waals surface area contributed by atoms with Gasteiger partial charge in [0.15, 0.2) is 5.96 Å². The van der Waals surface area contributed by atoms with Crippen molar-refractivity contribution in [2.45, 2.75) is 38.6 Å². The molecule has 1 aliphatic heterocycles. The van der Waals surface area contributed by atoms with E-state index in [1.807, 2.05) is 0 Å². The Kier molecular flexibility index (Phi) is 9.59. The van der Waals surface area contributed by atoms with E-state index in [1.54, 1.807) is 0 Å². The number of nitrogens with zero attached hydrogens (tertiary/aromatic N) is 3. The molecule has 0 spiro atoms. The summed E-state index contributed by atoms with van der Waals surface area (Å²) >= 11 is 0. The molecule has 0 unspecified atom stereocenters. The van der Waals surface area contributed by atoms with Gasteiger partial charge in [-0.2, -0.15) is 0 Å². The third kappa shape index (κ3) is 8.21. The molecule has 6 heteroatoms. The zero-order valence-corrected chi connectivity index (χ0v) is 15.9. The number of guanidine groups is 1. The molecule has 0 aromatic carbocycles. The summed E-state index contributed by atoms with van der Waals surface area (Å²) in [6, 6.07) is 0.675. The molecule has 0 bridgehead atoms. The highest BCUT2D eigenvalue weighted by Gasteiger charge is 2.22. The molecule has 2 N–H and O–H groups in total. The normalized spacial score (nSPS) is 21.5. The highest BCUT2D eigenvalue weighted by molar-refractivity contribution is 14.0. The maximum absolute atomic E-state index is 4.67. The predicted octanol–water partition coefficient (Wildman–Crippen LogP) is 1.35. The van der Waals surface area contributed by atoms with E-state index in [9.17, 15) is 0 Å². The molecule has 0 radical (unpaired) electrons.